The van der Waals surface area contributed by atoms with E-state index in [1.165, 1.54) is 0 Å². The standard InChI is InChI=1S/C12H22N4O2/c1-3-4-13-10(8-12-17-5-6-18-12)7-11-9-16(2)15-14-11/h9-10,12-13H,3-8H2,1-2H3. The summed E-state index contributed by atoms with van der Waals surface area (Å²) in [5.74, 6) is 0. The molecule has 0 amide bonds. The first-order chi connectivity index (χ1) is 8.78. The van der Waals surface area contributed by atoms with Crippen molar-refractivity contribution < 1.29 is 9.47 Å². The highest BCUT2D eigenvalue weighted by atomic mass is 16.7. The average molecular weight is 254 g/mol. The number of ether oxygens (including phenoxy) is 2. The summed E-state index contributed by atoms with van der Waals surface area (Å²) in [6, 6.07) is 0.324. The molecular formula is C12H22N4O2. The SMILES string of the molecule is CCCNC(Cc1cn(C)nn1)CC1OCCO1. The van der Waals surface area contributed by atoms with Gasteiger partial charge >= 0.3 is 0 Å². The zero-order valence-electron chi connectivity index (χ0n) is 11.1. The van der Waals surface area contributed by atoms with Crippen LogP contribution in [0.3, 0.4) is 0 Å². The van der Waals surface area contributed by atoms with Crippen molar-refractivity contribution >= 4 is 0 Å². The second-order valence-electron chi connectivity index (χ2n) is 4.65. The molecule has 0 saturated carbocycles. The Morgan fingerprint density at radius 3 is 2.89 bits per heavy atom. The van der Waals surface area contributed by atoms with E-state index in [-0.39, 0.29) is 6.29 Å². The van der Waals surface area contributed by atoms with Gasteiger partial charge in [-0.05, 0) is 13.0 Å². The van der Waals surface area contributed by atoms with Crippen LogP contribution >= 0.6 is 0 Å². The molecule has 2 rings (SSSR count). The minimum Gasteiger partial charge on any atom is -0.350 e. The van der Waals surface area contributed by atoms with Crippen LogP contribution < -0.4 is 5.32 Å². The van der Waals surface area contributed by atoms with Crippen molar-refractivity contribution in [3.05, 3.63) is 11.9 Å². The first kappa shape index (κ1) is 13.5. The van der Waals surface area contributed by atoms with Gasteiger partial charge in [-0.1, -0.05) is 12.1 Å². The van der Waals surface area contributed by atoms with E-state index < -0.39 is 0 Å². The Hall–Kier alpha value is -0.980. The molecule has 2 heterocycles. The monoisotopic (exact) mass is 254 g/mol. The van der Waals surface area contributed by atoms with Gasteiger partial charge in [-0.15, -0.1) is 5.10 Å². The number of hydrogen-bond acceptors (Lipinski definition) is 5. The summed E-state index contributed by atoms with van der Waals surface area (Å²) in [7, 11) is 1.88. The molecule has 1 saturated heterocycles. The Bertz CT molecular complexity index is 350. The zero-order valence-corrected chi connectivity index (χ0v) is 11.1. The van der Waals surface area contributed by atoms with Crippen LogP contribution in [0.1, 0.15) is 25.5 Å². The molecule has 1 N–H and O–H groups in total. The molecule has 0 aliphatic carbocycles. The molecular weight excluding hydrogens is 232 g/mol. The first-order valence-corrected chi connectivity index (χ1v) is 6.59. The van der Waals surface area contributed by atoms with Crippen molar-refractivity contribution in [1.29, 1.82) is 0 Å². The molecule has 0 aromatic carbocycles. The Morgan fingerprint density at radius 1 is 1.50 bits per heavy atom. The smallest absolute Gasteiger partial charge is 0.159 e. The van der Waals surface area contributed by atoms with E-state index in [4.69, 9.17) is 9.47 Å². The van der Waals surface area contributed by atoms with E-state index in [9.17, 15) is 0 Å². The summed E-state index contributed by atoms with van der Waals surface area (Å²) in [6.07, 6.45) is 4.71. The highest BCUT2D eigenvalue weighted by Crippen LogP contribution is 2.13. The summed E-state index contributed by atoms with van der Waals surface area (Å²) < 4.78 is 12.7. The highest BCUT2D eigenvalue weighted by Gasteiger charge is 2.22. The Labute approximate surface area is 108 Å². The number of aromatic nitrogens is 3. The van der Waals surface area contributed by atoms with Crippen LogP contribution in [0, 0.1) is 0 Å². The molecule has 1 unspecified atom stereocenters. The molecule has 18 heavy (non-hydrogen) atoms. The highest BCUT2D eigenvalue weighted by molar-refractivity contribution is 4.96. The van der Waals surface area contributed by atoms with Crippen LogP contribution in [0.25, 0.3) is 0 Å². The summed E-state index contributed by atoms with van der Waals surface area (Å²) in [6.45, 7) is 4.57. The Kier molecular flexibility index (Phi) is 5.10. The lowest BCUT2D eigenvalue weighted by Crippen LogP contribution is -2.35. The van der Waals surface area contributed by atoms with Crippen molar-refractivity contribution in [2.24, 2.45) is 7.05 Å². The van der Waals surface area contributed by atoms with Crippen molar-refractivity contribution in [2.75, 3.05) is 19.8 Å². The summed E-state index contributed by atoms with van der Waals surface area (Å²) >= 11 is 0. The van der Waals surface area contributed by atoms with Gasteiger partial charge in [0, 0.05) is 32.1 Å². The molecule has 6 nitrogen and oxygen atoms in total. The van der Waals surface area contributed by atoms with Crippen molar-refractivity contribution in [1.82, 2.24) is 20.3 Å². The fraction of sp³-hybridized carbons (Fsp3) is 0.833. The number of hydrogen-bond donors (Lipinski definition) is 1. The molecule has 1 aromatic heterocycles. The minimum absolute atomic E-state index is 0.0731. The fourth-order valence-corrected chi connectivity index (χ4v) is 2.10. The van der Waals surface area contributed by atoms with Gasteiger partial charge in [-0.2, -0.15) is 0 Å². The van der Waals surface area contributed by atoms with Crippen LogP contribution in [0.4, 0.5) is 0 Å². The third-order valence-electron chi connectivity index (χ3n) is 2.96. The molecule has 0 radical (unpaired) electrons. The summed E-state index contributed by atoms with van der Waals surface area (Å²) in [5.41, 5.74) is 1.00. The predicted molar refractivity (Wildman–Crippen MR) is 67.1 cm³/mol. The van der Waals surface area contributed by atoms with E-state index in [1.54, 1.807) is 4.68 Å². The van der Waals surface area contributed by atoms with Crippen LogP contribution in [0.15, 0.2) is 6.20 Å². The molecule has 0 spiro atoms. The maximum absolute atomic E-state index is 5.50. The number of nitrogens with zero attached hydrogens (tertiary/aromatic N) is 3. The summed E-state index contributed by atoms with van der Waals surface area (Å²) in [5, 5.41) is 11.6. The maximum atomic E-state index is 5.50. The van der Waals surface area contributed by atoms with Crippen LogP contribution in [0.2, 0.25) is 0 Å². The zero-order chi connectivity index (χ0) is 12.8. The lowest BCUT2D eigenvalue weighted by atomic mass is 10.1. The third kappa shape index (κ3) is 4.04. The lowest BCUT2D eigenvalue weighted by Gasteiger charge is -2.20. The van der Waals surface area contributed by atoms with Gasteiger partial charge < -0.3 is 14.8 Å². The van der Waals surface area contributed by atoms with Gasteiger partial charge in [-0.25, -0.2) is 0 Å². The van der Waals surface area contributed by atoms with Gasteiger partial charge in [0.05, 0.1) is 18.9 Å². The second kappa shape index (κ2) is 6.82. The average Bonchev–Trinajstić information content (AvgIpc) is 2.98. The molecule has 1 aromatic rings. The van der Waals surface area contributed by atoms with E-state index in [2.05, 4.69) is 22.6 Å². The first-order valence-electron chi connectivity index (χ1n) is 6.59. The van der Waals surface area contributed by atoms with E-state index in [1.807, 2.05) is 13.2 Å². The van der Waals surface area contributed by atoms with Crippen LogP contribution in [0.5, 0.6) is 0 Å². The largest absolute Gasteiger partial charge is 0.350 e. The normalized spacial score (nSPS) is 18.3. The Morgan fingerprint density at radius 2 is 2.28 bits per heavy atom. The Balaban J connectivity index is 1.86. The summed E-state index contributed by atoms with van der Waals surface area (Å²) in [4.78, 5) is 0. The quantitative estimate of drug-likeness (QED) is 0.767. The second-order valence-corrected chi connectivity index (χ2v) is 4.65. The molecule has 1 fully saturated rings. The molecule has 1 aliphatic heterocycles. The van der Waals surface area contributed by atoms with Crippen LogP contribution in [-0.4, -0.2) is 47.1 Å². The number of aryl methyl sites for hydroxylation is 1. The number of nitrogens with one attached hydrogen (secondary N) is 1. The van der Waals surface area contributed by atoms with Gasteiger partial charge in [0.1, 0.15) is 0 Å². The molecule has 0 bridgehead atoms. The molecule has 102 valence electrons. The maximum Gasteiger partial charge on any atom is 0.159 e. The minimum atomic E-state index is -0.0731. The molecule has 1 aliphatic rings. The predicted octanol–water partition coefficient (Wildman–Crippen LogP) is 0.489. The van der Waals surface area contributed by atoms with Gasteiger partial charge in [-0.3, -0.25) is 4.68 Å². The van der Waals surface area contributed by atoms with Gasteiger partial charge in [0.15, 0.2) is 6.29 Å². The van der Waals surface area contributed by atoms with E-state index in [0.29, 0.717) is 19.3 Å². The van der Waals surface area contributed by atoms with Crippen LogP contribution in [-0.2, 0) is 22.9 Å². The fourth-order valence-electron chi connectivity index (χ4n) is 2.10. The number of rotatable bonds is 7. The third-order valence-corrected chi connectivity index (χ3v) is 2.96. The van der Waals surface area contributed by atoms with E-state index >= 15 is 0 Å². The van der Waals surface area contributed by atoms with Crippen molar-refractivity contribution in [3.8, 4) is 0 Å². The topological polar surface area (TPSA) is 61.2 Å². The van der Waals surface area contributed by atoms with Crippen molar-refractivity contribution in [3.63, 3.8) is 0 Å². The van der Waals surface area contributed by atoms with Gasteiger partial charge in [0.25, 0.3) is 0 Å². The lowest BCUT2D eigenvalue weighted by molar-refractivity contribution is -0.0526. The molecule has 6 heteroatoms. The molecule has 1 atom stereocenters. The van der Waals surface area contributed by atoms with E-state index in [0.717, 1.165) is 31.5 Å². The van der Waals surface area contributed by atoms with Gasteiger partial charge in [0.2, 0.25) is 0 Å². The van der Waals surface area contributed by atoms with Crippen molar-refractivity contribution in [2.45, 2.75) is 38.5 Å².